The number of alkyl halides is 1. The average Bonchev–Trinajstić information content (AvgIpc) is 3.41. The van der Waals surface area contributed by atoms with E-state index < -0.39 is 28.1 Å². The van der Waals surface area contributed by atoms with E-state index >= 15 is 0 Å². The average molecular weight is 341 g/mol. The van der Waals surface area contributed by atoms with Crippen LogP contribution in [-0.4, -0.2) is 33.1 Å². The van der Waals surface area contributed by atoms with Crippen molar-refractivity contribution in [3.05, 3.63) is 23.8 Å². The zero-order chi connectivity index (χ0) is 16.7. The first kappa shape index (κ1) is 16.2. The van der Waals surface area contributed by atoms with Gasteiger partial charge in [0.1, 0.15) is 6.67 Å². The summed E-state index contributed by atoms with van der Waals surface area (Å²) >= 11 is 0. The Morgan fingerprint density at radius 3 is 2.57 bits per heavy atom. The van der Waals surface area contributed by atoms with Gasteiger partial charge in [0.05, 0.1) is 16.0 Å². The maximum Gasteiger partial charge on any atom is 0.250 e. The van der Waals surface area contributed by atoms with Crippen LogP contribution < -0.4 is 15.8 Å². The smallest absolute Gasteiger partial charge is 0.250 e. The van der Waals surface area contributed by atoms with Crippen LogP contribution in [0.1, 0.15) is 36.0 Å². The SMILES string of the molecule is NC(=O)c1cc(S(=O)(=O)NC2(CF)CC2)ccc1NCC1CC1. The van der Waals surface area contributed by atoms with Crippen molar-refractivity contribution in [3.8, 4) is 0 Å². The molecule has 0 aliphatic heterocycles. The Morgan fingerprint density at radius 1 is 1.35 bits per heavy atom. The quantitative estimate of drug-likeness (QED) is 0.665. The molecule has 0 heterocycles. The molecular formula is C15H20FN3O3S. The van der Waals surface area contributed by atoms with E-state index in [9.17, 15) is 17.6 Å². The van der Waals surface area contributed by atoms with Gasteiger partial charge in [-0.3, -0.25) is 4.79 Å². The molecule has 0 unspecified atom stereocenters. The Kier molecular flexibility index (Phi) is 4.05. The summed E-state index contributed by atoms with van der Waals surface area (Å²) in [6.07, 6.45) is 3.26. The highest BCUT2D eigenvalue weighted by Gasteiger charge is 2.46. The number of rotatable bonds is 8. The number of benzene rings is 1. The van der Waals surface area contributed by atoms with Crippen molar-refractivity contribution in [1.29, 1.82) is 0 Å². The molecule has 4 N–H and O–H groups in total. The largest absolute Gasteiger partial charge is 0.384 e. The molecule has 6 nitrogen and oxygen atoms in total. The van der Waals surface area contributed by atoms with Crippen LogP contribution in [0, 0.1) is 5.92 Å². The third-order valence-corrected chi connectivity index (χ3v) is 5.88. The first-order valence-corrected chi connectivity index (χ1v) is 9.11. The third kappa shape index (κ3) is 3.64. The number of nitrogens with one attached hydrogen (secondary N) is 2. The van der Waals surface area contributed by atoms with E-state index in [0.29, 0.717) is 24.4 Å². The van der Waals surface area contributed by atoms with E-state index in [-0.39, 0.29) is 10.5 Å². The first-order valence-electron chi connectivity index (χ1n) is 7.63. The van der Waals surface area contributed by atoms with Gasteiger partial charge in [-0.25, -0.2) is 17.5 Å². The van der Waals surface area contributed by atoms with Gasteiger partial charge in [0.25, 0.3) is 5.91 Å². The molecule has 0 bridgehead atoms. The highest BCUT2D eigenvalue weighted by molar-refractivity contribution is 7.89. The molecule has 0 radical (unpaired) electrons. The Bertz CT molecular complexity index is 727. The lowest BCUT2D eigenvalue weighted by Gasteiger charge is -2.15. The van der Waals surface area contributed by atoms with Crippen molar-refractivity contribution in [2.75, 3.05) is 18.5 Å². The molecule has 2 fully saturated rings. The van der Waals surface area contributed by atoms with Crippen LogP contribution in [-0.2, 0) is 10.0 Å². The van der Waals surface area contributed by atoms with E-state index in [0.717, 1.165) is 19.4 Å². The molecule has 2 saturated carbocycles. The Balaban J connectivity index is 1.84. The summed E-state index contributed by atoms with van der Waals surface area (Å²) in [6, 6.07) is 4.18. The van der Waals surface area contributed by atoms with Crippen molar-refractivity contribution in [2.45, 2.75) is 36.1 Å². The van der Waals surface area contributed by atoms with Crippen LogP contribution in [0.5, 0.6) is 0 Å². The standard InChI is InChI=1S/C15H20FN3O3S/c16-9-15(5-6-15)19-23(21,22)11-3-4-13(12(7-11)14(17)20)18-8-10-1-2-10/h3-4,7,10,18-19H,1-2,5-6,8-9H2,(H2,17,20). The molecule has 1 aromatic carbocycles. The second kappa shape index (κ2) is 5.76. The second-order valence-corrected chi connectivity index (χ2v) is 8.10. The molecule has 2 aliphatic rings. The van der Waals surface area contributed by atoms with Crippen LogP contribution in [0.3, 0.4) is 0 Å². The number of hydrogen-bond acceptors (Lipinski definition) is 4. The minimum atomic E-state index is -3.88. The van der Waals surface area contributed by atoms with E-state index in [1.807, 2.05) is 0 Å². The summed E-state index contributed by atoms with van der Waals surface area (Å²) < 4.78 is 40.0. The molecule has 0 saturated heterocycles. The summed E-state index contributed by atoms with van der Waals surface area (Å²) in [7, 11) is -3.88. The van der Waals surface area contributed by atoms with E-state index in [1.165, 1.54) is 18.2 Å². The van der Waals surface area contributed by atoms with Crippen LogP contribution >= 0.6 is 0 Å². The number of anilines is 1. The van der Waals surface area contributed by atoms with Crippen molar-refractivity contribution >= 4 is 21.6 Å². The zero-order valence-electron chi connectivity index (χ0n) is 12.6. The monoisotopic (exact) mass is 341 g/mol. The fourth-order valence-electron chi connectivity index (χ4n) is 2.38. The molecule has 0 atom stereocenters. The molecule has 1 amide bonds. The molecule has 23 heavy (non-hydrogen) atoms. The van der Waals surface area contributed by atoms with Gasteiger partial charge in [-0.05, 0) is 49.8 Å². The Labute approximate surface area is 134 Å². The molecule has 126 valence electrons. The molecule has 8 heteroatoms. The highest BCUT2D eigenvalue weighted by Crippen LogP contribution is 2.37. The van der Waals surface area contributed by atoms with Crippen molar-refractivity contribution in [2.24, 2.45) is 11.7 Å². The Hall–Kier alpha value is -1.67. The lowest BCUT2D eigenvalue weighted by molar-refractivity contribution is 0.100. The van der Waals surface area contributed by atoms with Gasteiger partial charge in [0.15, 0.2) is 0 Å². The molecule has 0 spiro atoms. The van der Waals surface area contributed by atoms with Gasteiger partial charge < -0.3 is 11.1 Å². The topological polar surface area (TPSA) is 101 Å². The van der Waals surface area contributed by atoms with Gasteiger partial charge in [0, 0.05) is 12.2 Å². The van der Waals surface area contributed by atoms with Crippen molar-refractivity contribution in [1.82, 2.24) is 4.72 Å². The van der Waals surface area contributed by atoms with Gasteiger partial charge in [-0.1, -0.05) is 0 Å². The highest BCUT2D eigenvalue weighted by atomic mass is 32.2. The van der Waals surface area contributed by atoms with Crippen LogP contribution in [0.2, 0.25) is 0 Å². The fourth-order valence-corrected chi connectivity index (χ4v) is 3.85. The second-order valence-electron chi connectivity index (χ2n) is 6.42. The van der Waals surface area contributed by atoms with Gasteiger partial charge in [0.2, 0.25) is 10.0 Å². The number of carbonyl (C=O) groups is 1. The molecule has 1 aromatic rings. The fraction of sp³-hybridized carbons (Fsp3) is 0.533. The summed E-state index contributed by atoms with van der Waals surface area (Å²) in [5.41, 5.74) is 5.03. The maximum absolute atomic E-state index is 12.9. The third-order valence-electron chi connectivity index (χ3n) is 4.31. The predicted octanol–water partition coefficient (Wildman–Crippen LogP) is 1.39. The van der Waals surface area contributed by atoms with Crippen molar-refractivity contribution < 1.29 is 17.6 Å². The normalized spacial score (nSPS) is 19.3. The zero-order valence-corrected chi connectivity index (χ0v) is 13.5. The van der Waals surface area contributed by atoms with Crippen LogP contribution in [0.25, 0.3) is 0 Å². The van der Waals surface area contributed by atoms with Crippen LogP contribution in [0.4, 0.5) is 10.1 Å². The number of primary amides is 1. The molecular weight excluding hydrogens is 321 g/mol. The van der Waals surface area contributed by atoms with Gasteiger partial charge >= 0.3 is 0 Å². The van der Waals surface area contributed by atoms with E-state index in [1.54, 1.807) is 0 Å². The number of sulfonamides is 1. The maximum atomic E-state index is 12.9. The number of amides is 1. The number of nitrogens with two attached hydrogens (primary N) is 1. The summed E-state index contributed by atoms with van der Waals surface area (Å²) in [5, 5.41) is 3.13. The minimum absolute atomic E-state index is 0.0806. The van der Waals surface area contributed by atoms with E-state index in [2.05, 4.69) is 10.0 Å². The number of halogens is 1. The number of hydrogen-bond donors (Lipinski definition) is 3. The summed E-state index contributed by atoms with van der Waals surface area (Å²) in [5.74, 6) is -0.105. The van der Waals surface area contributed by atoms with Crippen LogP contribution in [0.15, 0.2) is 23.1 Å². The summed E-state index contributed by atoms with van der Waals surface area (Å²) in [4.78, 5) is 11.5. The van der Waals surface area contributed by atoms with E-state index in [4.69, 9.17) is 5.73 Å². The first-order chi connectivity index (χ1) is 10.9. The molecule has 3 rings (SSSR count). The van der Waals surface area contributed by atoms with Gasteiger partial charge in [-0.15, -0.1) is 0 Å². The molecule has 0 aromatic heterocycles. The summed E-state index contributed by atoms with van der Waals surface area (Å²) in [6.45, 7) is -0.00841. The number of carbonyl (C=O) groups excluding carboxylic acids is 1. The lowest BCUT2D eigenvalue weighted by atomic mass is 10.1. The molecule has 2 aliphatic carbocycles. The lowest BCUT2D eigenvalue weighted by Crippen LogP contribution is -2.38. The predicted molar refractivity (Wildman–Crippen MR) is 84.4 cm³/mol. The van der Waals surface area contributed by atoms with Gasteiger partial charge in [-0.2, -0.15) is 0 Å². The van der Waals surface area contributed by atoms with Crippen molar-refractivity contribution in [3.63, 3.8) is 0 Å². The minimum Gasteiger partial charge on any atom is -0.384 e. The Morgan fingerprint density at radius 2 is 2.04 bits per heavy atom.